The minimum atomic E-state index is 1.00. The largest absolute Gasteiger partial charge is 0.314 e. The first-order chi connectivity index (χ1) is 9.90. The van der Waals surface area contributed by atoms with E-state index in [4.69, 9.17) is 4.98 Å². The van der Waals surface area contributed by atoms with Crippen molar-refractivity contribution in [2.45, 2.75) is 19.4 Å². The highest BCUT2D eigenvalue weighted by Gasteiger charge is 2.11. The summed E-state index contributed by atoms with van der Waals surface area (Å²) in [5, 5.41) is 6.87. The summed E-state index contributed by atoms with van der Waals surface area (Å²) in [5.41, 5.74) is 2.63. The van der Waals surface area contributed by atoms with Gasteiger partial charge in [-0.2, -0.15) is 0 Å². The van der Waals surface area contributed by atoms with E-state index in [9.17, 15) is 0 Å². The lowest BCUT2D eigenvalue weighted by atomic mass is 10.1. The minimum Gasteiger partial charge on any atom is -0.314 e. The van der Waals surface area contributed by atoms with Crippen LogP contribution in [0.5, 0.6) is 0 Å². The van der Waals surface area contributed by atoms with Crippen LogP contribution in [0.25, 0.3) is 0 Å². The number of hydrogen-bond acceptors (Lipinski definition) is 4. The zero-order valence-corrected chi connectivity index (χ0v) is 12.5. The van der Waals surface area contributed by atoms with Crippen molar-refractivity contribution < 1.29 is 0 Å². The molecule has 1 aliphatic rings. The molecule has 4 heteroatoms. The lowest BCUT2D eigenvalue weighted by molar-refractivity contribution is 0.231. The van der Waals surface area contributed by atoms with Crippen molar-refractivity contribution in [2.75, 3.05) is 26.2 Å². The number of nitrogens with one attached hydrogen (secondary N) is 1. The Kier molecular flexibility index (Phi) is 4.79. The predicted octanol–water partition coefficient (Wildman–Crippen LogP) is 2.33. The Morgan fingerprint density at radius 1 is 1.10 bits per heavy atom. The van der Waals surface area contributed by atoms with Gasteiger partial charge in [0.1, 0.15) is 0 Å². The SMILES string of the molecule is c1ccc(CCc2nc(CN3CCNCC3)cs2)cc1. The van der Waals surface area contributed by atoms with E-state index in [1.54, 1.807) is 11.3 Å². The summed E-state index contributed by atoms with van der Waals surface area (Å²) in [6.45, 7) is 5.48. The third kappa shape index (κ3) is 3.88. The van der Waals surface area contributed by atoms with Gasteiger partial charge >= 0.3 is 0 Å². The van der Waals surface area contributed by atoms with Crippen LogP contribution in [0.4, 0.5) is 0 Å². The first-order valence-corrected chi connectivity index (χ1v) is 8.18. The number of rotatable bonds is 5. The van der Waals surface area contributed by atoms with Crippen LogP contribution < -0.4 is 5.32 Å². The lowest BCUT2D eigenvalue weighted by Gasteiger charge is -2.26. The highest BCUT2D eigenvalue weighted by Crippen LogP contribution is 2.14. The van der Waals surface area contributed by atoms with Gasteiger partial charge in [0.2, 0.25) is 0 Å². The van der Waals surface area contributed by atoms with Gasteiger partial charge in [0.15, 0.2) is 0 Å². The lowest BCUT2D eigenvalue weighted by Crippen LogP contribution is -2.42. The first kappa shape index (κ1) is 13.7. The molecule has 1 fully saturated rings. The van der Waals surface area contributed by atoms with Crippen molar-refractivity contribution in [3.05, 3.63) is 52.0 Å². The van der Waals surface area contributed by atoms with Crippen LogP contribution in [-0.2, 0) is 19.4 Å². The second-order valence-corrected chi connectivity index (χ2v) is 6.19. The van der Waals surface area contributed by atoms with Crippen molar-refractivity contribution >= 4 is 11.3 Å². The van der Waals surface area contributed by atoms with Gasteiger partial charge in [-0.3, -0.25) is 4.90 Å². The molecule has 20 heavy (non-hydrogen) atoms. The van der Waals surface area contributed by atoms with Crippen molar-refractivity contribution in [1.82, 2.24) is 15.2 Å². The van der Waals surface area contributed by atoms with Crippen molar-refractivity contribution in [3.8, 4) is 0 Å². The van der Waals surface area contributed by atoms with Crippen LogP contribution >= 0.6 is 11.3 Å². The average Bonchev–Trinajstić information content (AvgIpc) is 2.95. The van der Waals surface area contributed by atoms with E-state index in [1.165, 1.54) is 16.3 Å². The number of aromatic nitrogens is 1. The van der Waals surface area contributed by atoms with Crippen LogP contribution in [0.2, 0.25) is 0 Å². The van der Waals surface area contributed by atoms with E-state index in [2.05, 4.69) is 45.9 Å². The summed E-state index contributed by atoms with van der Waals surface area (Å²) in [6, 6.07) is 10.7. The number of thiazole rings is 1. The van der Waals surface area contributed by atoms with Crippen LogP contribution in [0.15, 0.2) is 35.7 Å². The first-order valence-electron chi connectivity index (χ1n) is 7.30. The molecule has 0 saturated carbocycles. The third-order valence-electron chi connectivity index (χ3n) is 3.66. The molecule has 106 valence electrons. The van der Waals surface area contributed by atoms with Crippen LogP contribution in [0.1, 0.15) is 16.3 Å². The van der Waals surface area contributed by atoms with Gasteiger partial charge < -0.3 is 5.32 Å². The number of hydrogen-bond donors (Lipinski definition) is 1. The summed E-state index contributed by atoms with van der Waals surface area (Å²) in [4.78, 5) is 7.25. The van der Waals surface area contributed by atoms with Gasteiger partial charge in [-0.1, -0.05) is 30.3 Å². The van der Waals surface area contributed by atoms with E-state index in [0.29, 0.717) is 0 Å². The van der Waals surface area contributed by atoms with E-state index in [-0.39, 0.29) is 0 Å². The number of benzene rings is 1. The summed E-state index contributed by atoms with van der Waals surface area (Å²) >= 11 is 1.80. The van der Waals surface area contributed by atoms with Crippen LogP contribution in [0, 0.1) is 0 Å². The van der Waals surface area contributed by atoms with Crippen LogP contribution in [0.3, 0.4) is 0 Å². The Balaban J connectivity index is 1.51. The highest BCUT2D eigenvalue weighted by molar-refractivity contribution is 7.09. The molecule has 0 bridgehead atoms. The van der Waals surface area contributed by atoms with E-state index in [0.717, 1.165) is 45.6 Å². The van der Waals surface area contributed by atoms with Crippen LogP contribution in [-0.4, -0.2) is 36.1 Å². The summed E-state index contributed by atoms with van der Waals surface area (Å²) in [5.74, 6) is 0. The molecule has 2 heterocycles. The number of piperazine rings is 1. The summed E-state index contributed by atoms with van der Waals surface area (Å²) < 4.78 is 0. The fourth-order valence-corrected chi connectivity index (χ4v) is 3.32. The van der Waals surface area contributed by atoms with Gasteiger partial charge in [0, 0.05) is 44.5 Å². The van der Waals surface area contributed by atoms with Crippen molar-refractivity contribution in [1.29, 1.82) is 0 Å². The zero-order chi connectivity index (χ0) is 13.6. The Hall–Kier alpha value is -1.23. The fraction of sp³-hybridized carbons (Fsp3) is 0.438. The normalized spacial score (nSPS) is 16.4. The molecule has 1 N–H and O–H groups in total. The molecule has 3 rings (SSSR count). The third-order valence-corrected chi connectivity index (χ3v) is 4.62. The molecule has 1 saturated heterocycles. The Morgan fingerprint density at radius 2 is 1.90 bits per heavy atom. The second-order valence-electron chi connectivity index (χ2n) is 5.24. The second kappa shape index (κ2) is 6.97. The van der Waals surface area contributed by atoms with E-state index < -0.39 is 0 Å². The monoisotopic (exact) mass is 287 g/mol. The molecule has 1 aromatic carbocycles. The topological polar surface area (TPSA) is 28.2 Å². The predicted molar refractivity (Wildman–Crippen MR) is 84.1 cm³/mol. The molecular weight excluding hydrogens is 266 g/mol. The molecule has 0 spiro atoms. The zero-order valence-electron chi connectivity index (χ0n) is 11.7. The summed E-state index contributed by atoms with van der Waals surface area (Å²) in [7, 11) is 0. The Bertz CT molecular complexity index is 518. The molecule has 0 radical (unpaired) electrons. The minimum absolute atomic E-state index is 1.00. The molecule has 0 amide bonds. The fourth-order valence-electron chi connectivity index (χ4n) is 2.53. The quantitative estimate of drug-likeness (QED) is 0.915. The highest BCUT2D eigenvalue weighted by atomic mass is 32.1. The van der Waals surface area contributed by atoms with Crippen molar-refractivity contribution in [2.24, 2.45) is 0 Å². The Labute approximate surface area is 124 Å². The maximum absolute atomic E-state index is 4.78. The van der Waals surface area contributed by atoms with Crippen molar-refractivity contribution in [3.63, 3.8) is 0 Å². The molecule has 2 aromatic rings. The summed E-state index contributed by atoms with van der Waals surface area (Å²) in [6.07, 6.45) is 2.14. The maximum Gasteiger partial charge on any atom is 0.0932 e. The smallest absolute Gasteiger partial charge is 0.0932 e. The molecular formula is C16H21N3S. The number of aryl methyl sites for hydroxylation is 2. The number of nitrogens with zero attached hydrogens (tertiary/aromatic N) is 2. The van der Waals surface area contributed by atoms with E-state index in [1.807, 2.05) is 0 Å². The molecule has 3 nitrogen and oxygen atoms in total. The molecule has 0 unspecified atom stereocenters. The van der Waals surface area contributed by atoms with Gasteiger partial charge in [-0.25, -0.2) is 4.98 Å². The van der Waals surface area contributed by atoms with E-state index >= 15 is 0 Å². The molecule has 0 atom stereocenters. The average molecular weight is 287 g/mol. The van der Waals surface area contributed by atoms with Gasteiger partial charge in [-0.15, -0.1) is 11.3 Å². The Morgan fingerprint density at radius 3 is 2.70 bits per heavy atom. The van der Waals surface area contributed by atoms with Gasteiger partial charge in [0.25, 0.3) is 0 Å². The molecule has 1 aromatic heterocycles. The standard InChI is InChI=1S/C16H21N3S/c1-2-4-14(5-3-1)6-7-16-18-15(13-20-16)12-19-10-8-17-9-11-19/h1-5,13,17H,6-12H2. The molecule has 1 aliphatic heterocycles. The van der Waals surface area contributed by atoms with Gasteiger partial charge in [0.05, 0.1) is 10.7 Å². The van der Waals surface area contributed by atoms with Gasteiger partial charge in [-0.05, 0) is 12.0 Å². The molecule has 0 aliphatic carbocycles. The maximum atomic E-state index is 4.78.